The Kier molecular flexibility index (Phi) is 6.26. The van der Waals surface area contributed by atoms with E-state index in [1.54, 1.807) is 0 Å². The molecule has 5 aromatic rings. The molecule has 1 unspecified atom stereocenters. The van der Waals surface area contributed by atoms with Gasteiger partial charge >= 0.3 is 0 Å². The average Bonchev–Trinajstić information content (AvgIpc) is 3.57. The summed E-state index contributed by atoms with van der Waals surface area (Å²) in [6.45, 7) is 1.45. The Morgan fingerprint density at radius 1 is 0.944 bits per heavy atom. The van der Waals surface area contributed by atoms with Gasteiger partial charge in [-0.1, -0.05) is 72.4 Å². The highest BCUT2D eigenvalue weighted by Gasteiger charge is 2.27. The number of amides is 1. The predicted octanol–water partition coefficient (Wildman–Crippen LogP) is 5.31. The van der Waals surface area contributed by atoms with Gasteiger partial charge in [0.15, 0.2) is 11.0 Å². The summed E-state index contributed by atoms with van der Waals surface area (Å²) >= 11 is 1.43. The molecule has 2 aromatic heterocycles. The molecule has 1 saturated heterocycles. The number of rotatable bonds is 6. The molecule has 1 fully saturated rings. The second-order valence-electron chi connectivity index (χ2n) is 8.95. The van der Waals surface area contributed by atoms with Gasteiger partial charge in [-0.2, -0.15) is 0 Å². The number of nitrogens with zero attached hydrogens (tertiary/aromatic N) is 5. The lowest BCUT2D eigenvalue weighted by Crippen LogP contribution is -2.40. The predicted molar refractivity (Wildman–Crippen MR) is 142 cm³/mol. The van der Waals surface area contributed by atoms with Crippen molar-refractivity contribution in [3.63, 3.8) is 0 Å². The van der Waals surface area contributed by atoms with Gasteiger partial charge in [-0.05, 0) is 37.1 Å². The standard InChI is InChI=1S/C28H26N6OS/c35-25(33-17-9-12-21(18-33)26-29-23-15-7-8-16-24(23)30-26)19-36-28-32-31-27(20-10-3-1-4-11-20)34(28)22-13-5-2-6-14-22/h1-8,10-11,13-16,21H,9,12,17-19H2,(H,29,30). The molecule has 6 rings (SSSR count). The lowest BCUT2D eigenvalue weighted by Gasteiger charge is -2.31. The summed E-state index contributed by atoms with van der Waals surface area (Å²) < 4.78 is 2.03. The second kappa shape index (κ2) is 9.99. The quantitative estimate of drug-likeness (QED) is 0.324. The molecule has 0 bridgehead atoms. The lowest BCUT2D eigenvalue weighted by molar-refractivity contribution is -0.129. The summed E-state index contributed by atoms with van der Waals surface area (Å²) in [4.78, 5) is 23.5. The van der Waals surface area contributed by atoms with Crippen molar-refractivity contribution in [1.82, 2.24) is 29.6 Å². The number of H-pyrrole nitrogens is 1. The summed E-state index contributed by atoms with van der Waals surface area (Å²) in [6, 6.07) is 28.1. The Morgan fingerprint density at radius 2 is 1.69 bits per heavy atom. The molecular weight excluding hydrogens is 468 g/mol. The van der Waals surface area contributed by atoms with Crippen LogP contribution in [0.15, 0.2) is 90.1 Å². The molecule has 180 valence electrons. The molecule has 1 aliphatic rings. The number of piperidine rings is 1. The Hall–Kier alpha value is -3.91. The zero-order valence-corrected chi connectivity index (χ0v) is 20.6. The van der Waals surface area contributed by atoms with Crippen molar-refractivity contribution < 1.29 is 4.79 Å². The van der Waals surface area contributed by atoms with E-state index in [4.69, 9.17) is 4.98 Å². The number of thioether (sulfide) groups is 1. The smallest absolute Gasteiger partial charge is 0.233 e. The van der Waals surface area contributed by atoms with Gasteiger partial charge < -0.3 is 9.88 Å². The SMILES string of the molecule is O=C(CSc1nnc(-c2ccccc2)n1-c1ccccc1)N1CCCC(c2nc3ccccc3[nH]2)C1. The zero-order valence-electron chi connectivity index (χ0n) is 19.7. The van der Waals surface area contributed by atoms with Crippen molar-refractivity contribution in [1.29, 1.82) is 0 Å². The molecule has 1 amide bonds. The van der Waals surface area contributed by atoms with Crippen LogP contribution in [0.3, 0.4) is 0 Å². The van der Waals surface area contributed by atoms with Gasteiger partial charge in [0, 0.05) is 30.3 Å². The first-order valence-corrected chi connectivity index (χ1v) is 13.2. The summed E-state index contributed by atoms with van der Waals surface area (Å²) in [5, 5.41) is 9.65. The van der Waals surface area contributed by atoms with Gasteiger partial charge in [-0.15, -0.1) is 10.2 Å². The fraction of sp³-hybridized carbons (Fsp3) is 0.214. The number of carbonyl (C=O) groups excluding carboxylic acids is 1. The lowest BCUT2D eigenvalue weighted by atomic mass is 9.97. The fourth-order valence-electron chi connectivity index (χ4n) is 4.76. The fourth-order valence-corrected chi connectivity index (χ4v) is 5.61. The molecule has 3 aromatic carbocycles. The maximum absolute atomic E-state index is 13.3. The minimum atomic E-state index is 0.115. The molecule has 1 aliphatic heterocycles. The number of aromatic nitrogens is 5. The summed E-state index contributed by atoms with van der Waals surface area (Å²) in [5.74, 6) is 2.38. The highest BCUT2D eigenvalue weighted by atomic mass is 32.2. The largest absolute Gasteiger partial charge is 0.342 e. The molecule has 36 heavy (non-hydrogen) atoms. The number of aromatic amines is 1. The van der Waals surface area contributed by atoms with Crippen molar-refractivity contribution in [2.45, 2.75) is 23.9 Å². The van der Waals surface area contributed by atoms with E-state index < -0.39 is 0 Å². The maximum Gasteiger partial charge on any atom is 0.233 e. The van der Waals surface area contributed by atoms with E-state index in [0.29, 0.717) is 17.5 Å². The van der Waals surface area contributed by atoms with E-state index in [0.717, 1.165) is 53.3 Å². The molecule has 7 nitrogen and oxygen atoms in total. The molecule has 0 radical (unpaired) electrons. The molecule has 0 spiro atoms. The van der Waals surface area contributed by atoms with Crippen LogP contribution in [-0.2, 0) is 4.79 Å². The van der Waals surface area contributed by atoms with Crippen LogP contribution in [-0.4, -0.2) is 54.4 Å². The van der Waals surface area contributed by atoms with Crippen molar-refractivity contribution in [2.75, 3.05) is 18.8 Å². The first kappa shape index (κ1) is 22.5. The average molecular weight is 495 g/mol. The van der Waals surface area contributed by atoms with E-state index in [2.05, 4.69) is 15.2 Å². The van der Waals surface area contributed by atoms with Crippen molar-refractivity contribution >= 4 is 28.7 Å². The van der Waals surface area contributed by atoms with Crippen molar-refractivity contribution in [3.8, 4) is 17.1 Å². The number of hydrogen-bond donors (Lipinski definition) is 1. The summed E-state index contributed by atoms with van der Waals surface area (Å²) in [5.41, 5.74) is 3.97. The zero-order chi connectivity index (χ0) is 24.3. The molecule has 8 heteroatoms. The third-order valence-corrected chi connectivity index (χ3v) is 7.49. The van der Waals surface area contributed by atoms with Crippen LogP contribution in [0.5, 0.6) is 0 Å². The van der Waals surface area contributed by atoms with Crippen LogP contribution < -0.4 is 0 Å². The van der Waals surface area contributed by atoms with Crippen LogP contribution in [0.2, 0.25) is 0 Å². The Bertz CT molecular complexity index is 1450. The van der Waals surface area contributed by atoms with E-state index in [1.165, 1.54) is 11.8 Å². The van der Waals surface area contributed by atoms with Crippen LogP contribution in [0.25, 0.3) is 28.1 Å². The highest BCUT2D eigenvalue weighted by Crippen LogP contribution is 2.30. The van der Waals surface area contributed by atoms with Crippen LogP contribution >= 0.6 is 11.8 Å². The van der Waals surface area contributed by atoms with E-state index in [9.17, 15) is 4.79 Å². The Morgan fingerprint density at radius 3 is 2.50 bits per heavy atom. The summed E-state index contributed by atoms with van der Waals surface area (Å²) in [7, 11) is 0. The number of fused-ring (bicyclic) bond motifs is 1. The molecule has 1 N–H and O–H groups in total. The molecule has 1 atom stereocenters. The van der Waals surface area contributed by atoms with Crippen molar-refractivity contribution in [2.24, 2.45) is 0 Å². The third kappa shape index (κ3) is 4.52. The van der Waals surface area contributed by atoms with Crippen LogP contribution in [0.1, 0.15) is 24.6 Å². The maximum atomic E-state index is 13.3. The number of nitrogens with one attached hydrogen (secondary N) is 1. The van der Waals surface area contributed by atoms with E-state index >= 15 is 0 Å². The first-order chi connectivity index (χ1) is 17.8. The third-order valence-electron chi connectivity index (χ3n) is 6.57. The van der Waals surface area contributed by atoms with Gasteiger partial charge in [0.05, 0.1) is 16.8 Å². The summed E-state index contributed by atoms with van der Waals surface area (Å²) in [6.07, 6.45) is 2.00. The molecule has 0 saturated carbocycles. The number of para-hydroxylation sites is 3. The highest BCUT2D eigenvalue weighted by molar-refractivity contribution is 7.99. The minimum absolute atomic E-state index is 0.115. The number of imidazole rings is 1. The topological polar surface area (TPSA) is 79.7 Å². The number of benzene rings is 3. The van der Waals surface area contributed by atoms with Gasteiger partial charge in [0.2, 0.25) is 5.91 Å². The van der Waals surface area contributed by atoms with Gasteiger partial charge in [0.25, 0.3) is 0 Å². The normalized spacial score (nSPS) is 15.9. The van der Waals surface area contributed by atoms with E-state index in [1.807, 2.05) is 94.4 Å². The van der Waals surface area contributed by atoms with Gasteiger partial charge in [-0.25, -0.2) is 4.98 Å². The Labute approximate surface area is 213 Å². The molecule has 3 heterocycles. The van der Waals surface area contributed by atoms with Crippen molar-refractivity contribution in [3.05, 3.63) is 90.8 Å². The second-order valence-corrected chi connectivity index (χ2v) is 9.89. The monoisotopic (exact) mass is 494 g/mol. The molecule has 0 aliphatic carbocycles. The minimum Gasteiger partial charge on any atom is -0.342 e. The van der Waals surface area contributed by atoms with Gasteiger partial charge in [-0.3, -0.25) is 9.36 Å². The Balaban J connectivity index is 1.19. The first-order valence-electron chi connectivity index (χ1n) is 12.2. The number of hydrogen-bond acceptors (Lipinski definition) is 5. The number of carbonyl (C=O) groups is 1. The molecular formula is C28H26N6OS. The van der Waals surface area contributed by atoms with Crippen LogP contribution in [0.4, 0.5) is 0 Å². The van der Waals surface area contributed by atoms with Gasteiger partial charge in [0.1, 0.15) is 5.82 Å². The van der Waals surface area contributed by atoms with Crippen LogP contribution in [0, 0.1) is 0 Å². The number of likely N-dealkylation sites (tertiary alicyclic amines) is 1. The van der Waals surface area contributed by atoms with E-state index in [-0.39, 0.29) is 11.8 Å².